The zero-order valence-corrected chi connectivity index (χ0v) is 16.6. The van der Waals surface area contributed by atoms with E-state index in [0.717, 1.165) is 22.6 Å². The summed E-state index contributed by atoms with van der Waals surface area (Å²) in [5.74, 6) is 0.239. The summed E-state index contributed by atoms with van der Waals surface area (Å²) in [7, 11) is 1.35. The second-order valence-corrected chi connectivity index (χ2v) is 7.33. The maximum Gasteiger partial charge on any atom is 0.316 e. The third-order valence-corrected chi connectivity index (χ3v) is 4.69. The van der Waals surface area contributed by atoms with E-state index in [2.05, 4.69) is 25.0 Å². The van der Waals surface area contributed by atoms with Crippen LogP contribution in [0, 0.1) is 5.82 Å². The summed E-state index contributed by atoms with van der Waals surface area (Å²) in [6.07, 6.45) is 1.71. The van der Waals surface area contributed by atoms with E-state index in [0.29, 0.717) is 10.9 Å². The first-order valence-electron chi connectivity index (χ1n) is 8.74. The number of carbonyl (C=O) groups is 1. The van der Waals surface area contributed by atoms with Gasteiger partial charge in [0.25, 0.3) is 0 Å². The summed E-state index contributed by atoms with van der Waals surface area (Å²) in [4.78, 5) is 23.7. The topological polar surface area (TPSA) is 79.9 Å². The number of benzene rings is 1. The number of thioether (sulfide) groups is 1. The molecule has 1 aromatic carbocycles. The molecule has 0 atom stereocenters. The van der Waals surface area contributed by atoms with E-state index in [9.17, 15) is 9.18 Å². The molecule has 0 unspecified atom stereocenters. The number of nitrogens with one attached hydrogen (secondary N) is 2. The Labute approximate surface area is 166 Å². The fourth-order valence-corrected chi connectivity index (χ4v) is 3.30. The Balaban J connectivity index is 2.01. The molecule has 0 radical (unpaired) electrons. The van der Waals surface area contributed by atoms with Crippen molar-refractivity contribution < 1.29 is 13.9 Å². The minimum absolute atomic E-state index is 0.142. The number of aromatic amines is 1. The maximum atomic E-state index is 13.4. The van der Waals surface area contributed by atoms with Crippen molar-refractivity contribution in [1.82, 2.24) is 15.0 Å². The van der Waals surface area contributed by atoms with Crippen LogP contribution in [0.1, 0.15) is 13.8 Å². The van der Waals surface area contributed by atoms with Gasteiger partial charge in [0.1, 0.15) is 11.6 Å². The minimum atomic E-state index is -0.335. The normalized spacial score (nSPS) is 10.9. The molecule has 0 saturated heterocycles. The number of hydrogen-bond acceptors (Lipinski definition) is 6. The van der Waals surface area contributed by atoms with Gasteiger partial charge in [-0.05, 0) is 50.2 Å². The Morgan fingerprint density at radius 3 is 2.68 bits per heavy atom. The molecular formula is C20H21FN4O2S. The number of ether oxygens (including phenoxy) is 1. The molecule has 0 amide bonds. The highest BCUT2D eigenvalue weighted by atomic mass is 32.2. The van der Waals surface area contributed by atoms with Gasteiger partial charge in [-0.2, -0.15) is 0 Å². The van der Waals surface area contributed by atoms with Crippen molar-refractivity contribution in [2.75, 3.05) is 18.2 Å². The molecule has 0 aliphatic carbocycles. The summed E-state index contributed by atoms with van der Waals surface area (Å²) in [5.41, 5.74) is 3.10. The second-order valence-electron chi connectivity index (χ2n) is 6.37. The number of aromatic nitrogens is 3. The molecule has 0 spiro atoms. The Bertz CT molecular complexity index is 957. The number of pyridine rings is 1. The standard InChI is InChI=1S/C20H21FN4O2S/c1-12(2)23-16-10-14(8-9-22-16)19-18(13-4-6-15(21)7-5-13)24-20(25-19)28-11-17(26)27-3/h4-10,12H,11H2,1-3H3,(H,22,23)(H,24,25). The average molecular weight is 400 g/mol. The summed E-state index contributed by atoms with van der Waals surface area (Å²) in [5, 5.41) is 3.85. The predicted molar refractivity (Wildman–Crippen MR) is 109 cm³/mol. The van der Waals surface area contributed by atoms with Gasteiger partial charge in [0.15, 0.2) is 5.16 Å². The summed E-state index contributed by atoms with van der Waals surface area (Å²) in [6, 6.07) is 10.2. The van der Waals surface area contributed by atoms with Crippen LogP contribution in [0.15, 0.2) is 47.8 Å². The number of anilines is 1. The van der Waals surface area contributed by atoms with Gasteiger partial charge >= 0.3 is 5.97 Å². The van der Waals surface area contributed by atoms with Crippen LogP contribution in [0.25, 0.3) is 22.5 Å². The molecule has 8 heteroatoms. The number of H-pyrrole nitrogens is 1. The molecule has 28 heavy (non-hydrogen) atoms. The number of rotatable bonds is 7. The monoisotopic (exact) mass is 400 g/mol. The molecule has 0 saturated carbocycles. The fourth-order valence-electron chi connectivity index (χ4n) is 2.59. The number of hydrogen-bond donors (Lipinski definition) is 2. The van der Waals surface area contributed by atoms with Crippen LogP contribution >= 0.6 is 11.8 Å². The van der Waals surface area contributed by atoms with Crippen molar-refractivity contribution in [2.24, 2.45) is 0 Å². The van der Waals surface area contributed by atoms with E-state index in [1.54, 1.807) is 18.3 Å². The number of imidazole rings is 1. The van der Waals surface area contributed by atoms with Crippen molar-refractivity contribution in [3.8, 4) is 22.5 Å². The van der Waals surface area contributed by atoms with Crippen LogP contribution in [0.4, 0.5) is 10.2 Å². The van der Waals surface area contributed by atoms with Crippen LogP contribution in [0.2, 0.25) is 0 Å². The lowest BCUT2D eigenvalue weighted by atomic mass is 10.1. The smallest absolute Gasteiger partial charge is 0.316 e. The first-order valence-corrected chi connectivity index (χ1v) is 9.73. The number of esters is 1. The first kappa shape index (κ1) is 19.9. The van der Waals surface area contributed by atoms with Crippen LogP contribution in [0.3, 0.4) is 0 Å². The molecule has 0 bridgehead atoms. The highest BCUT2D eigenvalue weighted by Crippen LogP contribution is 2.33. The quantitative estimate of drug-likeness (QED) is 0.453. The van der Waals surface area contributed by atoms with Gasteiger partial charge < -0.3 is 15.0 Å². The predicted octanol–water partition coefficient (Wildman–Crippen LogP) is 4.36. The van der Waals surface area contributed by atoms with Crippen LogP contribution in [-0.2, 0) is 9.53 Å². The van der Waals surface area contributed by atoms with Gasteiger partial charge in [0, 0.05) is 23.4 Å². The lowest BCUT2D eigenvalue weighted by Gasteiger charge is -2.10. The molecule has 0 aliphatic rings. The van der Waals surface area contributed by atoms with Crippen molar-refractivity contribution in [3.63, 3.8) is 0 Å². The van der Waals surface area contributed by atoms with E-state index in [-0.39, 0.29) is 23.6 Å². The molecule has 2 N–H and O–H groups in total. The zero-order valence-electron chi connectivity index (χ0n) is 15.8. The van der Waals surface area contributed by atoms with E-state index >= 15 is 0 Å². The van der Waals surface area contributed by atoms with Crippen molar-refractivity contribution >= 4 is 23.5 Å². The SMILES string of the molecule is COC(=O)CSc1nc(-c2ccnc(NC(C)C)c2)c(-c2ccc(F)cc2)[nH]1. The third-order valence-electron chi connectivity index (χ3n) is 3.84. The molecule has 146 valence electrons. The largest absolute Gasteiger partial charge is 0.468 e. The van der Waals surface area contributed by atoms with E-state index in [4.69, 9.17) is 0 Å². The number of methoxy groups -OCH3 is 1. The Morgan fingerprint density at radius 2 is 2.00 bits per heavy atom. The molecule has 3 aromatic rings. The maximum absolute atomic E-state index is 13.4. The molecule has 3 rings (SSSR count). The van der Waals surface area contributed by atoms with E-state index in [1.165, 1.54) is 31.0 Å². The summed E-state index contributed by atoms with van der Waals surface area (Å²) in [6.45, 7) is 4.07. The van der Waals surface area contributed by atoms with Gasteiger partial charge in [-0.1, -0.05) is 11.8 Å². The Kier molecular flexibility index (Phi) is 6.30. The van der Waals surface area contributed by atoms with E-state index < -0.39 is 0 Å². The third kappa shape index (κ3) is 4.89. The first-order chi connectivity index (χ1) is 13.5. The number of carbonyl (C=O) groups excluding carboxylic acids is 1. The van der Waals surface area contributed by atoms with Crippen molar-refractivity contribution in [1.29, 1.82) is 0 Å². The highest BCUT2D eigenvalue weighted by molar-refractivity contribution is 7.99. The minimum Gasteiger partial charge on any atom is -0.468 e. The molecule has 0 fully saturated rings. The van der Waals surface area contributed by atoms with Gasteiger partial charge in [-0.25, -0.2) is 14.4 Å². The van der Waals surface area contributed by atoms with Gasteiger partial charge in [0.2, 0.25) is 0 Å². The van der Waals surface area contributed by atoms with Crippen LogP contribution < -0.4 is 5.32 Å². The van der Waals surface area contributed by atoms with Gasteiger partial charge in [0.05, 0.1) is 24.3 Å². The lowest BCUT2D eigenvalue weighted by molar-refractivity contribution is -0.137. The fraction of sp³-hybridized carbons (Fsp3) is 0.250. The second kappa shape index (κ2) is 8.88. The van der Waals surface area contributed by atoms with Gasteiger partial charge in [-0.3, -0.25) is 4.79 Å². The van der Waals surface area contributed by atoms with Crippen LogP contribution in [-0.4, -0.2) is 39.8 Å². The average Bonchev–Trinajstić information content (AvgIpc) is 3.10. The number of nitrogens with zero attached hydrogens (tertiary/aromatic N) is 2. The Hall–Kier alpha value is -2.87. The Morgan fingerprint density at radius 1 is 1.25 bits per heavy atom. The zero-order chi connectivity index (χ0) is 20.1. The molecule has 0 aliphatic heterocycles. The molecular weight excluding hydrogens is 379 g/mol. The lowest BCUT2D eigenvalue weighted by Crippen LogP contribution is -2.10. The molecule has 2 aromatic heterocycles. The van der Waals surface area contributed by atoms with Crippen molar-refractivity contribution in [2.45, 2.75) is 25.0 Å². The summed E-state index contributed by atoms with van der Waals surface area (Å²) >= 11 is 1.25. The van der Waals surface area contributed by atoms with Crippen molar-refractivity contribution in [3.05, 3.63) is 48.4 Å². The summed E-state index contributed by atoms with van der Waals surface area (Å²) < 4.78 is 18.0. The van der Waals surface area contributed by atoms with E-state index in [1.807, 2.05) is 26.0 Å². The molecule has 6 nitrogen and oxygen atoms in total. The van der Waals surface area contributed by atoms with Crippen LogP contribution in [0.5, 0.6) is 0 Å². The number of halogens is 1. The van der Waals surface area contributed by atoms with Gasteiger partial charge in [-0.15, -0.1) is 0 Å². The molecule has 2 heterocycles. The highest BCUT2D eigenvalue weighted by Gasteiger charge is 2.16.